The number of benzene rings is 1. The summed E-state index contributed by atoms with van der Waals surface area (Å²) in [4.78, 5) is 16.3. The summed E-state index contributed by atoms with van der Waals surface area (Å²) in [6, 6.07) is 8.83. The number of carbonyl (C=O) groups excluding carboxylic acids is 1. The fraction of sp³-hybridized carbons (Fsp3) is 0.600. The first-order chi connectivity index (χ1) is 12.6. The molecule has 0 unspecified atom stereocenters. The molecule has 2 aliphatic carbocycles. The predicted octanol–water partition coefficient (Wildman–Crippen LogP) is 3.71. The molecule has 0 aliphatic heterocycles. The molecule has 2 aliphatic rings. The Morgan fingerprint density at radius 2 is 1.93 bits per heavy atom. The molecule has 150 valence electrons. The molecule has 0 bridgehead atoms. The van der Waals surface area contributed by atoms with Crippen molar-refractivity contribution < 1.29 is 4.79 Å². The highest BCUT2D eigenvalue weighted by molar-refractivity contribution is 14.0. The molecule has 5 nitrogen and oxygen atoms in total. The van der Waals surface area contributed by atoms with E-state index in [0.717, 1.165) is 25.3 Å². The Hall–Kier alpha value is -0.830. The number of amides is 1. The largest absolute Gasteiger partial charge is 0.356 e. The molecular weight excluding hydrogens is 519 g/mol. The van der Waals surface area contributed by atoms with Crippen molar-refractivity contribution in [2.45, 2.75) is 56.4 Å². The van der Waals surface area contributed by atoms with Crippen molar-refractivity contribution >= 4 is 51.8 Å². The van der Waals surface area contributed by atoms with Crippen molar-refractivity contribution in [1.29, 1.82) is 0 Å². The summed E-state index contributed by atoms with van der Waals surface area (Å²) in [5, 5.41) is 9.81. The van der Waals surface area contributed by atoms with Crippen molar-refractivity contribution in [3.05, 3.63) is 34.3 Å². The Bertz CT molecular complexity index is 657. The number of hydrogen-bond donors (Lipinski definition) is 3. The van der Waals surface area contributed by atoms with Crippen LogP contribution in [0.2, 0.25) is 0 Å². The summed E-state index contributed by atoms with van der Waals surface area (Å²) in [7, 11) is 1.77. The van der Waals surface area contributed by atoms with Gasteiger partial charge in [-0.3, -0.25) is 9.79 Å². The Kier molecular flexibility index (Phi) is 8.85. The molecule has 3 rings (SSSR count). The van der Waals surface area contributed by atoms with Gasteiger partial charge in [-0.2, -0.15) is 0 Å². The quantitative estimate of drug-likeness (QED) is 0.276. The van der Waals surface area contributed by atoms with Crippen LogP contribution in [-0.4, -0.2) is 38.0 Å². The Balaban J connectivity index is 0.00000261. The second-order valence-electron chi connectivity index (χ2n) is 7.41. The van der Waals surface area contributed by atoms with E-state index in [1.165, 1.54) is 35.7 Å². The number of halogens is 2. The molecule has 1 aromatic rings. The smallest absolute Gasteiger partial charge is 0.221 e. The average molecular weight is 549 g/mol. The van der Waals surface area contributed by atoms with Gasteiger partial charge in [0.1, 0.15) is 0 Å². The number of nitrogens with one attached hydrogen (secondary N) is 3. The molecule has 0 saturated heterocycles. The SMILES string of the molecule is CN=C(NCCC(=O)NC1CCCC1)NCC1(c2ccccc2Br)CC1.I. The minimum absolute atomic E-state index is 0. The molecule has 1 aromatic carbocycles. The van der Waals surface area contributed by atoms with Crippen LogP contribution in [0.15, 0.2) is 33.7 Å². The molecule has 0 aromatic heterocycles. The molecule has 0 spiro atoms. The summed E-state index contributed by atoms with van der Waals surface area (Å²) in [6.45, 7) is 1.45. The lowest BCUT2D eigenvalue weighted by Crippen LogP contribution is -2.43. The van der Waals surface area contributed by atoms with Crippen molar-refractivity contribution in [3.8, 4) is 0 Å². The number of aliphatic imine (C=N–C) groups is 1. The number of rotatable bonds is 7. The fourth-order valence-corrected chi connectivity index (χ4v) is 4.43. The van der Waals surface area contributed by atoms with Gasteiger partial charge in [0.15, 0.2) is 5.96 Å². The van der Waals surface area contributed by atoms with Crippen LogP contribution in [0.4, 0.5) is 0 Å². The number of carbonyl (C=O) groups is 1. The van der Waals surface area contributed by atoms with Crippen LogP contribution in [0.25, 0.3) is 0 Å². The zero-order valence-corrected chi connectivity index (χ0v) is 19.8. The van der Waals surface area contributed by atoms with E-state index in [9.17, 15) is 4.79 Å². The molecule has 2 fully saturated rings. The molecule has 0 radical (unpaired) electrons. The highest BCUT2D eigenvalue weighted by atomic mass is 127. The minimum atomic E-state index is 0. The van der Waals surface area contributed by atoms with Crippen molar-refractivity contribution in [2.24, 2.45) is 4.99 Å². The van der Waals surface area contributed by atoms with E-state index in [-0.39, 0.29) is 35.3 Å². The monoisotopic (exact) mass is 548 g/mol. The van der Waals surface area contributed by atoms with E-state index in [0.29, 0.717) is 19.0 Å². The lowest BCUT2D eigenvalue weighted by atomic mass is 9.96. The van der Waals surface area contributed by atoms with E-state index >= 15 is 0 Å². The zero-order chi connectivity index (χ0) is 18.4. The summed E-state index contributed by atoms with van der Waals surface area (Å²) < 4.78 is 1.17. The molecule has 27 heavy (non-hydrogen) atoms. The number of guanidine groups is 1. The van der Waals surface area contributed by atoms with Gasteiger partial charge in [0.2, 0.25) is 5.91 Å². The Labute approximate surface area is 187 Å². The maximum Gasteiger partial charge on any atom is 0.221 e. The van der Waals surface area contributed by atoms with Crippen LogP contribution in [-0.2, 0) is 10.2 Å². The first-order valence-electron chi connectivity index (χ1n) is 9.62. The van der Waals surface area contributed by atoms with Crippen molar-refractivity contribution in [2.75, 3.05) is 20.1 Å². The molecular formula is C20H30BrIN4O. The van der Waals surface area contributed by atoms with E-state index in [4.69, 9.17) is 0 Å². The lowest BCUT2D eigenvalue weighted by Gasteiger charge is -2.20. The molecule has 0 atom stereocenters. The third-order valence-corrected chi connectivity index (χ3v) is 6.17. The van der Waals surface area contributed by atoms with Gasteiger partial charge >= 0.3 is 0 Å². The first kappa shape index (κ1) is 22.5. The minimum Gasteiger partial charge on any atom is -0.356 e. The van der Waals surface area contributed by atoms with Gasteiger partial charge in [0.05, 0.1) is 0 Å². The molecule has 2 saturated carbocycles. The lowest BCUT2D eigenvalue weighted by molar-refractivity contribution is -0.121. The van der Waals surface area contributed by atoms with E-state index < -0.39 is 0 Å². The van der Waals surface area contributed by atoms with Crippen LogP contribution >= 0.6 is 39.9 Å². The summed E-state index contributed by atoms with van der Waals surface area (Å²) in [6.07, 6.45) is 7.57. The second kappa shape index (κ2) is 10.6. The highest BCUT2D eigenvalue weighted by Gasteiger charge is 2.45. The third-order valence-electron chi connectivity index (χ3n) is 5.48. The average Bonchev–Trinajstić information content (AvgIpc) is 3.25. The Morgan fingerprint density at radius 1 is 1.22 bits per heavy atom. The van der Waals surface area contributed by atoms with Crippen LogP contribution in [0.3, 0.4) is 0 Å². The van der Waals surface area contributed by atoms with Gasteiger partial charge in [-0.25, -0.2) is 0 Å². The van der Waals surface area contributed by atoms with Gasteiger partial charge in [-0.15, -0.1) is 24.0 Å². The summed E-state index contributed by atoms with van der Waals surface area (Å²) >= 11 is 3.67. The standard InChI is InChI=1S/C20H29BrN4O.HI/c1-22-19(23-13-10-18(26)25-15-6-2-3-7-15)24-14-20(11-12-20)16-8-4-5-9-17(16)21;/h4-5,8-9,15H,2-3,6-7,10-14H2,1H3,(H,25,26)(H2,22,23,24);1H. The van der Waals surface area contributed by atoms with E-state index in [1.807, 2.05) is 6.07 Å². The molecule has 0 heterocycles. The van der Waals surface area contributed by atoms with E-state index in [1.54, 1.807) is 7.05 Å². The molecule has 7 heteroatoms. The molecule has 1 amide bonds. The number of hydrogen-bond acceptors (Lipinski definition) is 2. The first-order valence-corrected chi connectivity index (χ1v) is 10.4. The zero-order valence-electron chi connectivity index (χ0n) is 15.9. The number of nitrogens with zero attached hydrogens (tertiary/aromatic N) is 1. The van der Waals surface area contributed by atoms with Gasteiger partial charge in [0.25, 0.3) is 0 Å². The highest BCUT2D eigenvalue weighted by Crippen LogP contribution is 2.49. The summed E-state index contributed by atoms with van der Waals surface area (Å²) in [5.74, 6) is 0.892. The van der Waals surface area contributed by atoms with E-state index in [2.05, 4.69) is 55.1 Å². The van der Waals surface area contributed by atoms with Crippen LogP contribution in [0, 0.1) is 0 Å². The van der Waals surface area contributed by atoms with Crippen molar-refractivity contribution in [1.82, 2.24) is 16.0 Å². The normalized spacial score (nSPS) is 18.5. The van der Waals surface area contributed by atoms with Crippen LogP contribution in [0.5, 0.6) is 0 Å². The maximum atomic E-state index is 12.0. The predicted molar refractivity (Wildman–Crippen MR) is 125 cm³/mol. The van der Waals surface area contributed by atoms with Crippen LogP contribution < -0.4 is 16.0 Å². The van der Waals surface area contributed by atoms with Gasteiger partial charge in [-0.1, -0.05) is 47.0 Å². The second-order valence-corrected chi connectivity index (χ2v) is 8.27. The van der Waals surface area contributed by atoms with Crippen LogP contribution in [0.1, 0.15) is 50.5 Å². The van der Waals surface area contributed by atoms with Crippen molar-refractivity contribution in [3.63, 3.8) is 0 Å². The fourth-order valence-electron chi connectivity index (χ4n) is 3.72. The van der Waals surface area contributed by atoms with Gasteiger partial charge in [-0.05, 0) is 37.3 Å². The Morgan fingerprint density at radius 3 is 2.56 bits per heavy atom. The molecule has 3 N–H and O–H groups in total. The summed E-state index contributed by atoms with van der Waals surface area (Å²) in [5.41, 5.74) is 1.55. The topological polar surface area (TPSA) is 65.5 Å². The van der Waals surface area contributed by atoms with Gasteiger partial charge in [0, 0.05) is 42.5 Å². The maximum absolute atomic E-state index is 12.0. The third kappa shape index (κ3) is 6.34. The van der Waals surface area contributed by atoms with Gasteiger partial charge < -0.3 is 16.0 Å².